The predicted octanol–water partition coefficient (Wildman–Crippen LogP) is 1.12. The Labute approximate surface area is 165 Å². The number of carbonyl (C=O) groups is 2. The molecule has 0 saturated heterocycles. The molecule has 1 aromatic heterocycles. The number of carbonyl (C=O) groups excluding carboxylic acids is 1. The van der Waals surface area contributed by atoms with Gasteiger partial charge in [-0.15, -0.1) is 0 Å². The average Bonchev–Trinajstić information content (AvgIpc) is 2.69. The molecule has 0 unspecified atom stereocenters. The van der Waals surface area contributed by atoms with E-state index in [2.05, 4.69) is 10.3 Å². The number of hydrogen-bond acceptors (Lipinski definition) is 6. The fourth-order valence-corrected chi connectivity index (χ4v) is 2.65. The Bertz CT molecular complexity index is 1100. The highest BCUT2D eigenvalue weighted by Gasteiger charge is 2.19. The second kappa shape index (κ2) is 9.00. The third kappa shape index (κ3) is 4.78. The topological polar surface area (TPSA) is 143 Å². The van der Waals surface area contributed by atoms with Gasteiger partial charge in [0.15, 0.2) is 0 Å². The van der Waals surface area contributed by atoms with Crippen LogP contribution in [-0.4, -0.2) is 36.9 Å². The quantitative estimate of drug-likeness (QED) is 0.592. The summed E-state index contributed by atoms with van der Waals surface area (Å²) in [5.74, 6) is -2.07. The largest absolute Gasteiger partial charge is 0.494 e. The lowest BCUT2D eigenvalue weighted by Gasteiger charge is -2.13. The van der Waals surface area contributed by atoms with Crippen LogP contribution in [0.1, 0.15) is 31.7 Å². The van der Waals surface area contributed by atoms with Gasteiger partial charge in [-0.3, -0.25) is 28.5 Å². The van der Waals surface area contributed by atoms with Crippen molar-refractivity contribution in [2.24, 2.45) is 19.1 Å². The van der Waals surface area contributed by atoms with Gasteiger partial charge in [-0.2, -0.15) is 0 Å². The molecular formula is C19H22N4O6. The number of carboxylic acids is 1. The lowest BCUT2D eigenvalue weighted by Crippen LogP contribution is -2.40. The van der Waals surface area contributed by atoms with Crippen LogP contribution in [-0.2, 0) is 23.7 Å². The van der Waals surface area contributed by atoms with Gasteiger partial charge >= 0.3 is 11.7 Å². The molecule has 2 aromatic rings. The maximum atomic E-state index is 12.5. The van der Waals surface area contributed by atoms with Crippen LogP contribution in [0.4, 0.5) is 11.4 Å². The van der Waals surface area contributed by atoms with E-state index >= 15 is 0 Å². The summed E-state index contributed by atoms with van der Waals surface area (Å²) < 4.78 is 1.82. The first kappa shape index (κ1) is 21.6. The van der Waals surface area contributed by atoms with Gasteiger partial charge in [-0.05, 0) is 18.6 Å². The Balaban J connectivity index is 2.51. The van der Waals surface area contributed by atoms with Gasteiger partial charge < -0.3 is 15.5 Å². The Hall–Kier alpha value is -3.69. The number of benzene rings is 1. The Morgan fingerprint density at radius 1 is 1.10 bits per heavy atom. The van der Waals surface area contributed by atoms with E-state index in [9.17, 15) is 24.3 Å². The minimum absolute atomic E-state index is 0.107. The first-order chi connectivity index (χ1) is 13.7. The highest BCUT2D eigenvalue weighted by Crippen LogP contribution is 2.26. The van der Waals surface area contributed by atoms with E-state index in [1.807, 2.05) is 0 Å². The molecule has 3 N–H and O–H groups in total. The van der Waals surface area contributed by atoms with E-state index in [1.54, 1.807) is 31.2 Å². The van der Waals surface area contributed by atoms with Crippen molar-refractivity contribution in [2.75, 3.05) is 5.32 Å². The van der Waals surface area contributed by atoms with Gasteiger partial charge in [0, 0.05) is 20.5 Å². The van der Waals surface area contributed by atoms with E-state index in [0.29, 0.717) is 11.4 Å². The van der Waals surface area contributed by atoms with Crippen molar-refractivity contribution in [1.29, 1.82) is 0 Å². The van der Waals surface area contributed by atoms with Crippen molar-refractivity contribution in [2.45, 2.75) is 26.2 Å². The Kier molecular flexibility index (Phi) is 6.71. The number of nitrogens with one attached hydrogen (secondary N) is 1. The predicted molar refractivity (Wildman–Crippen MR) is 107 cm³/mol. The highest BCUT2D eigenvalue weighted by atomic mass is 16.4. The Morgan fingerprint density at radius 3 is 2.38 bits per heavy atom. The molecule has 0 saturated carbocycles. The third-order valence-corrected chi connectivity index (χ3v) is 4.26. The van der Waals surface area contributed by atoms with Crippen molar-refractivity contribution >= 4 is 29.0 Å². The molecule has 10 nitrogen and oxygen atoms in total. The van der Waals surface area contributed by atoms with Crippen molar-refractivity contribution in [3.05, 3.63) is 50.7 Å². The minimum atomic E-state index is -1.08. The lowest BCUT2D eigenvalue weighted by atomic mass is 10.1. The summed E-state index contributed by atoms with van der Waals surface area (Å²) in [6.45, 7) is 1.73. The number of carboxylic acid groups (broad SMARTS) is 1. The van der Waals surface area contributed by atoms with Crippen LogP contribution in [0.25, 0.3) is 0 Å². The molecule has 0 spiro atoms. The molecule has 154 valence electrons. The molecule has 10 heteroatoms. The summed E-state index contributed by atoms with van der Waals surface area (Å²) >= 11 is 0. The number of rotatable bonds is 7. The number of aromatic hydroxyl groups is 1. The monoisotopic (exact) mass is 402 g/mol. The Morgan fingerprint density at radius 2 is 1.76 bits per heavy atom. The van der Waals surface area contributed by atoms with Crippen LogP contribution in [0.3, 0.4) is 0 Å². The summed E-state index contributed by atoms with van der Waals surface area (Å²) in [6.07, 6.45) is -0.238. The van der Waals surface area contributed by atoms with Crippen molar-refractivity contribution in [1.82, 2.24) is 9.13 Å². The van der Waals surface area contributed by atoms with Gasteiger partial charge in [0.05, 0.1) is 23.5 Å². The molecule has 0 fully saturated rings. The summed E-state index contributed by atoms with van der Waals surface area (Å²) in [5, 5.41) is 21.6. The molecule has 0 bridgehead atoms. The normalized spacial score (nSPS) is 11.3. The number of aliphatic carboxylic acids is 1. The molecule has 0 aliphatic carbocycles. The molecule has 0 aliphatic heterocycles. The van der Waals surface area contributed by atoms with Gasteiger partial charge in [0.2, 0.25) is 11.8 Å². The SMILES string of the molecule is CCC(=Nc1ccccc1NC(=O)CCC(=O)O)c1c(O)n(C)c(=O)n(C)c1=O. The van der Waals surface area contributed by atoms with Crippen molar-refractivity contribution in [3.8, 4) is 5.88 Å². The van der Waals surface area contributed by atoms with E-state index in [1.165, 1.54) is 14.1 Å². The molecule has 1 heterocycles. The third-order valence-electron chi connectivity index (χ3n) is 4.26. The van der Waals surface area contributed by atoms with Crippen LogP contribution in [0, 0.1) is 0 Å². The van der Waals surface area contributed by atoms with E-state index in [-0.39, 0.29) is 30.5 Å². The number of anilines is 1. The number of aromatic nitrogens is 2. The molecular weight excluding hydrogens is 380 g/mol. The van der Waals surface area contributed by atoms with Gasteiger partial charge in [-0.25, -0.2) is 4.79 Å². The highest BCUT2D eigenvalue weighted by molar-refractivity contribution is 6.04. The van der Waals surface area contributed by atoms with Gasteiger partial charge in [0.1, 0.15) is 5.56 Å². The molecule has 0 atom stereocenters. The summed E-state index contributed by atoms with van der Waals surface area (Å²) in [4.78, 5) is 51.5. The van der Waals surface area contributed by atoms with Gasteiger partial charge in [0.25, 0.3) is 5.56 Å². The fraction of sp³-hybridized carbons (Fsp3) is 0.316. The molecule has 0 radical (unpaired) electrons. The van der Waals surface area contributed by atoms with Crippen LogP contribution in [0.5, 0.6) is 5.88 Å². The van der Waals surface area contributed by atoms with E-state index in [0.717, 1.165) is 9.13 Å². The molecule has 1 aromatic carbocycles. The lowest BCUT2D eigenvalue weighted by molar-refractivity contribution is -0.138. The van der Waals surface area contributed by atoms with Crippen LogP contribution >= 0.6 is 0 Å². The minimum Gasteiger partial charge on any atom is -0.494 e. The van der Waals surface area contributed by atoms with Gasteiger partial charge in [-0.1, -0.05) is 19.1 Å². The summed E-state index contributed by atoms with van der Waals surface area (Å²) in [5.41, 5.74) is -0.583. The van der Waals surface area contributed by atoms with Crippen LogP contribution in [0.15, 0.2) is 38.8 Å². The number of nitrogens with zero attached hydrogens (tertiary/aromatic N) is 3. The zero-order valence-corrected chi connectivity index (χ0v) is 16.3. The number of hydrogen-bond donors (Lipinski definition) is 3. The van der Waals surface area contributed by atoms with Crippen molar-refractivity contribution < 1.29 is 19.8 Å². The molecule has 2 rings (SSSR count). The number of para-hydroxylation sites is 2. The maximum absolute atomic E-state index is 12.5. The zero-order chi connectivity index (χ0) is 21.7. The first-order valence-corrected chi connectivity index (χ1v) is 8.84. The van der Waals surface area contributed by atoms with Crippen LogP contribution < -0.4 is 16.6 Å². The smallest absolute Gasteiger partial charge is 0.333 e. The van der Waals surface area contributed by atoms with E-state index in [4.69, 9.17) is 5.11 Å². The molecule has 0 aliphatic rings. The second-order valence-corrected chi connectivity index (χ2v) is 6.28. The molecule has 29 heavy (non-hydrogen) atoms. The first-order valence-electron chi connectivity index (χ1n) is 8.84. The maximum Gasteiger partial charge on any atom is 0.333 e. The number of aliphatic imine (C=N–C) groups is 1. The number of amides is 1. The van der Waals surface area contributed by atoms with Crippen molar-refractivity contribution in [3.63, 3.8) is 0 Å². The van der Waals surface area contributed by atoms with Crippen LogP contribution in [0.2, 0.25) is 0 Å². The van der Waals surface area contributed by atoms with E-state index < -0.39 is 29.0 Å². The standard InChI is InChI=1S/C19H22N4O6/c1-4-11(16-17(27)22(2)19(29)23(3)18(16)28)20-12-7-5-6-8-13(12)21-14(24)9-10-15(25)26/h5-8,27H,4,9-10H2,1-3H3,(H,21,24)(H,25,26). The summed E-state index contributed by atoms with van der Waals surface area (Å²) in [6, 6.07) is 6.54. The zero-order valence-electron chi connectivity index (χ0n) is 16.3. The summed E-state index contributed by atoms with van der Waals surface area (Å²) in [7, 11) is 2.64. The fourth-order valence-electron chi connectivity index (χ4n) is 2.65. The second-order valence-electron chi connectivity index (χ2n) is 6.28. The average molecular weight is 402 g/mol. The molecule has 1 amide bonds.